The minimum atomic E-state index is -0.117. The molecular weight excluding hydrogens is 278 g/mol. The highest BCUT2D eigenvalue weighted by atomic mass is 33.1. The van der Waals surface area contributed by atoms with E-state index in [1.807, 2.05) is 12.3 Å². The lowest BCUT2D eigenvalue weighted by atomic mass is 10.1. The second-order valence-corrected chi connectivity index (χ2v) is 6.43. The van der Waals surface area contributed by atoms with Crippen LogP contribution in [-0.2, 0) is 0 Å². The van der Waals surface area contributed by atoms with Crippen LogP contribution in [0.5, 0.6) is 0 Å². The fraction of sp³-hybridized carbons (Fsp3) is 0.385. The van der Waals surface area contributed by atoms with Gasteiger partial charge in [0.1, 0.15) is 5.65 Å². The lowest BCUT2D eigenvalue weighted by Gasteiger charge is -2.18. The summed E-state index contributed by atoms with van der Waals surface area (Å²) in [6.07, 6.45) is 1.83. The minimum Gasteiger partial charge on any atom is -0.369 e. The summed E-state index contributed by atoms with van der Waals surface area (Å²) in [6, 6.07) is 5.43. The molecule has 2 aromatic heterocycles. The predicted molar refractivity (Wildman–Crippen MR) is 84.1 cm³/mol. The Balaban J connectivity index is 1.94. The van der Waals surface area contributed by atoms with E-state index in [1.165, 1.54) is 6.07 Å². The molecule has 6 heteroatoms. The van der Waals surface area contributed by atoms with Crippen molar-refractivity contribution >= 4 is 39.2 Å². The average molecular weight is 293 g/mol. The van der Waals surface area contributed by atoms with Crippen LogP contribution in [0.1, 0.15) is 6.92 Å². The highest BCUT2D eigenvalue weighted by molar-refractivity contribution is 8.68. The molecule has 0 bridgehead atoms. The molecule has 19 heavy (non-hydrogen) atoms. The number of rotatable bonds is 2. The molecule has 1 aliphatic rings. The molecule has 3 rings (SSSR count). The molecule has 4 nitrogen and oxygen atoms in total. The van der Waals surface area contributed by atoms with Gasteiger partial charge in [0.25, 0.3) is 0 Å². The van der Waals surface area contributed by atoms with Gasteiger partial charge in [-0.05, 0) is 18.1 Å². The Morgan fingerprint density at radius 2 is 2.32 bits per heavy atom. The lowest BCUT2D eigenvalue weighted by Crippen LogP contribution is -2.20. The van der Waals surface area contributed by atoms with E-state index in [2.05, 4.69) is 39.5 Å². The zero-order valence-corrected chi connectivity index (χ0v) is 12.2. The van der Waals surface area contributed by atoms with Crippen LogP contribution in [0.15, 0.2) is 29.2 Å². The predicted octanol–water partition coefficient (Wildman–Crippen LogP) is 2.33. The molecule has 1 unspecified atom stereocenters. The van der Waals surface area contributed by atoms with Crippen molar-refractivity contribution in [2.45, 2.75) is 12.2 Å². The average Bonchev–Trinajstić information content (AvgIpc) is 2.79. The van der Waals surface area contributed by atoms with Crippen LogP contribution in [-0.4, -0.2) is 28.3 Å². The van der Waals surface area contributed by atoms with E-state index < -0.39 is 0 Å². The van der Waals surface area contributed by atoms with Crippen LogP contribution >= 0.6 is 22.5 Å². The van der Waals surface area contributed by atoms with Gasteiger partial charge in [-0.2, -0.15) is 0 Å². The van der Waals surface area contributed by atoms with Gasteiger partial charge in [-0.15, -0.1) is 11.7 Å². The van der Waals surface area contributed by atoms with Crippen molar-refractivity contribution in [1.82, 2.24) is 9.97 Å². The summed E-state index contributed by atoms with van der Waals surface area (Å²) in [5, 5.41) is 1.52. The van der Waals surface area contributed by atoms with E-state index in [4.69, 9.17) is 0 Å². The van der Waals surface area contributed by atoms with Gasteiger partial charge in [-0.1, -0.05) is 17.7 Å². The summed E-state index contributed by atoms with van der Waals surface area (Å²) < 4.78 is 0. The van der Waals surface area contributed by atoms with Crippen LogP contribution in [0.2, 0.25) is 0 Å². The fourth-order valence-electron chi connectivity index (χ4n) is 2.48. The quantitative estimate of drug-likeness (QED) is 0.659. The number of anilines is 1. The van der Waals surface area contributed by atoms with Crippen LogP contribution in [0.4, 0.5) is 5.69 Å². The molecule has 1 fully saturated rings. The maximum absolute atomic E-state index is 11.2. The first kappa shape index (κ1) is 12.9. The van der Waals surface area contributed by atoms with Crippen molar-refractivity contribution in [3.63, 3.8) is 0 Å². The molecule has 1 N–H and O–H groups in total. The van der Waals surface area contributed by atoms with Crippen LogP contribution in [0.25, 0.3) is 11.0 Å². The number of nitrogens with zero attached hydrogens (tertiary/aromatic N) is 2. The second-order valence-electron chi connectivity index (χ2n) is 4.98. The second kappa shape index (κ2) is 5.09. The van der Waals surface area contributed by atoms with E-state index in [9.17, 15) is 4.79 Å². The maximum Gasteiger partial charge on any atom is 0.249 e. The number of aromatic amines is 1. The molecule has 100 valence electrons. The van der Waals surface area contributed by atoms with E-state index in [-0.39, 0.29) is 5.56 Å². The van der Waals surface area contributed by atoms with Crippen LogP contribution in [0, 0.1) is 5.92 Å². The minimum absolute atomic E-state index is 0.117. The number of fused-ring (bicyclic) bond motifs is 1. The third-order valence-electron chi connectivity index (χ3n) is 3.60. The largest absolute Gasteiger partial charge is 0.369 e. The monoisotopic (exact) mass is 293 g/mol. The molecular formula is C13H15N3OS2. The molecule has 0 amide bonds. The van der Waals surface area contributed by atoms with Crippen molar-refractivity contribution < 1.29 is 0 Å². The molecule has 0 saturated carbocycles. The third-order valence-corrected chi connectivity index (χ3v) is 5.30. The Bertz CT molecular complexity index is 658. The Hall–Kier alpha value is -1.14. The van der Waals surface area contributed by atoms with Gasteiger partial charge in [0.2, 0.25) is 5.56 Å². The van der Waals surface area contributed by atoms with Gasteiger partial charge in [0, 0.05) is 29.8 Å². The van der Waals surface area contributed by atoms with Gasteiger partial charge in [0.15, 0.2) is 0 Å². The van der Waals surface area contributed by atoms with Gasteiger partial charge < -0.3 is 9.88 Å². The first-order valence-corrected chi connectivity index (χ1v) is 8.15. The zero-order valence-electron chi connectivity index (χ0n) is 10.5. The smallest absolute Gasteiger partial charge is 0.249 e. The first-order chi connectivity index (χ1) is 9.17. The molecule has 0 aliphatic carbocycles. The molecule has 2 aromatic rings. The van der Waals surface area contributed by atoms with Crippen molar-refractivity contribution in [3.8, 4) is 0 Å². The van der Waals surface area contributed by atoms with Crippen LogP contribution < -0.4 is 10.5 Å². The standard InChI is InChI=1S/C13H15N3OS2/c1-8-6-16(7-11(8)19-18)10-4-9-2-3-12(17)15-13(9)14-5-10/h2-5,8,11,18H,6-7H2,1H3,(H,14,15,17)/t8-,11?/m0/s1. The Kier molecular flexibility index (Phi) is 3.45. The number of pyridine rings is 2. The Morgan fingerprint density at radius 1 is 1.47 bits per heavy atom. The van der Waals surface area contributed by atoms with E-state index in [0.29, 0.717) is 16.8 Å². The number of hydrogen-bond acceptors (Lipinski definition) is 5. The lowest BCUT2D eigenvalue weighted by molar-refractivity contribution is 0.675. The Labute approximate surface area is 120 Å². The van der Waals surface area contributed by atoms with Crippen molar-refractivity contribution in [2.75, 3.05) is 18.0 Å². The zero-order chi connectivity index (χ0) is 13.4. The van der Waals surface area contributed by atoms with Gasteiger partial charge in [-0.25, -0.2) is 4.98 Å². The molecule has 1 aliphatic heterocycles. The molecule has 0 spiro atoms. The van der Waals surface area contributed by atoms with E-state index in [0.717, 1.165) is 24.2 Å². The molecule has 3 heterocycles. The molecule has 0 radical (unpaired) electrons. The molecule has 2 atom stereocenters. The first-order valence-electron chi connectivity index (χ1n) is 6.21. The van der Waals surface area contributed by atoms with Crippen molar-refractivity contribution in [2.24, 2.45) is 5.92 Å². The van der Waals surface area contributed by atoms with E-state index >= 15 is 0 Å². The number of aromatic nitrogens is 2. The number of thiol groups is 1. The van der Waals surface area contributed by atoms with Crippen molar-refractivity contribution in [3.05, 3.63) is 34.7 Å². The van der Waals surface area contributed by atoms with Gasteiger partial charge in [0.05, 0.1) is 11.9 Å². The third kappa shape index (κ3) is 2.47. The summed E-state index contributed by atoms with van der Waals surface area (Å²) in [4.78, 5) is 20.6. The fourth-order valence-corrected chi connectivity index (χ4v) is 3.85. The van der Waals surface area contributed by atoms with Gasteiger partial charge in [-0.3, -0.25) is 4.79 Å². The highest BCUT2D eigenvalue weighted by Crippen LogP contribution is 2.33. The Morgan fingerprint density at radius 3 is 3.05 bits per heavy atom. The summed E-state index contributed by atoms with van der Waals surface area (Å²) in [5.74, 6) is 0.619. The molecule has 0 aromatic carbocycles. The SMILES string of the molecule is C[C@H]1CN(c2cnc3[nH]c(=O)ccc3c2)CC1SS. The summed E-state index contributed by atoms with van der Waals surface area (Å²) in [7, 11) is 1.63. The number of hydrogen-bond donors (Lipinski definition) is 2. The topological polar surface area (TPSA) is 49.0 Å². The maximum atomic E-state index is 11.2. The van der Waals surface area contributed by atoms with Gasteiger partial charge >= 0.3 is 0 Å². The van der Waals surface area contributed by atoms with Crippen molar-refractivity contribution in [1.29, 1.82) is 0 Å². The van der Waals surface area contributed by atoms with Crippen LogP contribution in [0.3, 0.4) is 0 Å². The summed E-state index contributed by atoms with van der Waals surface area (Å²) >= 11 is 4.33. The summed E-state index contributed by atoms with van der Waals surface area (Å²) in [6.45, 7) is 4.26. The molecule has 1 saturated heterocycles. The number of nitrogens with one attached hydrogen (secondary N) is 1. The summed E-state index contributed by atoms with van der Waals surface area (Å²) in [5.41, 5.74) is 1.63. The normalized spacial score (nSPS) is 23.2. The number of H-pyrrole nitrogens is 1. The van der Waals surface area contributed by atoms with E-state index in [1.54, 1.807) is 10.8 Å². The highest BCUT2D eigenvalue weighted by Gasteiger charge is 2.29.